The lowest BCUT2D eigenvalue weighted by atomic mass is 10.1. The molecule has 0 bridgehead atoms. The molecular formula is C15H11ClN2O. The van der Waals surface area contributed by atoms with Gasteiger partial charge in [0.05, 0.1) is 11.0 Å². The van der Waals surface area contributed by atoms with Crippen molar-refractivity contribution in [3.63, 3.8) is 0 Å². The van der Waals surface area contributed by atoms with Crippen LogP contribution in [0.2, 0.25) is 5.02 Å². The second-order valence-electron chi connectivity index (χ2n) is 4.32. The van der Waals surface area contributed by atoms with Gasteiger partial charge in [0.15, 0.2) is 0 Å². The summed E-state index contributed by atoms with van der Waals surface area (Å²) < 4.78 is 1.55. The fourth-order valence-electron chi connectivity index (χ4n) is 2.09. The molecule has 0 radical (unpaired) electrons. The number of rotatable bonds is 1. The van der Waals surface area contributed by atoms with Gasteiger partial charge in [-0.05, 0) is 36.8 Å². The van der Waals surface area contributed by atoms with Crippen LogP contribution in [0.25, 0.3) is 11.0 Å². The number of halogens is 1. The number of aromatic nitrogens is 2. The van der Waals surface area contributed by atoms with Crippen molar-refractivity contribution in [1.82, 2.24) is 9.55 Å². The van der Waals surface area contributed by atoms with Crippen molar-refractivity contribution in [3.8, 4) is 0 Å². The van der Waals surface area contributed by atoms with E-state index in [4.69, 9.17) is 11.6 Å². The first-order valence-electron chi connectivity index (χ1n) is 5.90. The fourth-order valence-corrected chi connectivity index (χ4v) is 2.26. The summed E-state index contributed by atoms with van der Waals surface area (Å²) in [5.41, 5.74) is 2.98. The molecule has 4 heteroatoms. The summed E-state index contributed by atoms with van der Waals surface area (Å²) in [6, 6.07) is 12.9. The number of hydrogen-bond acceptors (Lipinski definition) is 2. The highest BCUT2D eigenvalue weighted by atomic mass is 35.5. The van der Waals surface area contributed by atoms with Gasteiger partial charge in [-0.25, -0.2) is 4.98 Å². The van der Waals surface area contributed by atoms with Crippen molar-refractivity contribution in [2.45, 2.75) is 6.92 Å². The highest BCUT2D eigenvalue weighted by Gasteiger charge is 2.15. The minimum atomic E-state index is -0.117. The lowest BCUT2D eigenvalue weighted by molar-refractivity contribution is 0.0964. The summed E-state index contributed by atoms with van der Waals surface area (Å²) >= 11 is 6.06. The smallest absolute Gasteiger partial charge is 0.263 e. The van der Waals surface area contributed by atoms with E-state index in [2.05, 4.69) is 4.98 Å². The average molecular weight is 271 g/mol. The molecule has 0 amide bonds. The first kappa shape index (κ1) is 11.9. The molecule has 0 saturated carbocycles. The van der Waals surface area contributed by atoms with Gasteiger partial charge in [-0.2, -0.15) is 0 Å². The Kier molecular flexibility index (Phi) is 2.84. The third-order valence-electron chi connectivity index (χ3n) is 3.17. The maximum Gasteiger partial charge on any atom is 0.263 e. The van der Waals surface area contributed by atoms with Crippen LogP contribution >= 0.6 is 11.6 Å². The summed E-state index contributed by atoms with van der Waals surface area (Å²) in [5, 5.41) is 0.593. The van der Waals surface area contributed by atoms with Gasteiger partial charge in [-0.3, -0.25) is 9.36 Å². The van der Waals surface area contributed by atoms with E-state index < -0.39 is 0 Å². The van der Waals surface area contributed by atoms with Gasteiger partial charge in [-0.1, -0.05) is 29.8 Å². The molecule has 2 aromatic carbocycles. The number of carbonyl (C=O) groups is 1. The van der Waals surface area contributed by atoms with Crippen molar-refractivity contribution < 1.29 is 4.79 Å². The number of hydrogen-bond donors (Lipinski definition) is 0. The Morgan fingerprint density at radius 1 is 1.16 bits per heavy atom. The van der Waals surface area contributed by atoms with Crippen LogP contribution in [0.15, 0.2) is 48.8 Å². The number of imidazole rings is 1. The van der Waals surface area contributed by atoms with Crippen molar-refractivity contribution in [3.05, 3.63) is 64.9 Å². The molecule has 0 spiro atoms. The van der Waals surface area contributed by atoms with E-state index in [0.29, 0.717) is 10.6 Å². The molecule has 0 aliphatic heterocycles. The summed E-state index contributed by atoms with van der Waals surface area (Å²) in [6.45, 7) is 1.84. The van der Waals surface area contributed by atoms with Crippen LogP contribution in [0.4, 0.5) is 0 Å². The summed E-state index contributed by atoms with van der Waals surface area (Å²) in [7, 11) is 0. The highest BCUT2D eigenvalue weighted by Crippen LogP contribution is 2.21. The molecule has 94 valence electrons. The zero-order chi connectivity index (χ0) is 13.4. The van der Waals surface area contributed by atoms with Gasteiger partial charge in [0.1, 0.15) is 6.33 Å². The number of nitrogens with zero attached hydrogens (tertiary/aromatic N) is 2. The fraction of sp³-hybridized carbons (Fsp3) is 0.0667. The van der Waals surface area contributed by atoms with Crippen LogP contribution in [-0.2, 0) is 0 Å². The van der Waals surface area contributed by atoms with Crippen LogP contribution in [-0.4, -0.2) is 15.5 Å². The average Bonchev–Trinajstić information content (AvgIpc) is 2.85. The van der Waals surface area contributed by atoms with E-state index in [0.717, 1.165) is 16.6 Å². The molecule has 3 rings (SSSR count). The van der Waals surface area contributed by atoms with E-state index in [1.165, 1.54) is 0 Å². The predicted molar refractivity (Wildman–Crippen MR) is 75.7 cm³/mol. The van der Waals surface area contributed by atoms with Crippen LogP contribution in [0, 0.1) is 6.92 Å². The third-order valence-corrected chi connectivity index (χ3v) is 3.58. The van der Waals surface area contributed by atoms with Crippen LogP contribution < -0.4 is 0 Å². The minimum Gasteiger partial charge on any atom is -0.268 e. The Morgan fingerprint density at radius 2 is 1.95 bits per heavy atom. The standard InChI is InChI=1S/C15H11ClN2O/c1-10-11(5-4-6-12(10)16)15(19)18-9-17-13-7-2-3-8-14(13)18/h2-9H,1H3. The number of benzene rings is 2. The third kappa shape index (κ3) is 1.92. The summed E-state index contributed by atoms with van der Waals surface area (Å²) in [4.78, 5) is 16.8. The van der Waals surface area contributed by atoms with Gasteiger partial charge in [0.25, 0.3) is 5.91 Å². The Morgan fingerprint density at radius 3 is 2.79 bits per heavy atom. The van der Waals surface area contributed by atoms with E-state index in [1.807, 2.05) is 31.2 Å². The van der Waals surface area contributed by atoms with Gasteiger partial charge in [0, 0.05) is 10.6 Å². The SMILES string of the molecule is Cc1c(Cl)cccc1C(=O)n1cnc2ccccc21. The number of fused-ring (bicyclic) bond motifs is 1. The topological polar surface area (TPSA) is 34.9 Å². The predicted octanol–water partition coefficient (Wildman–Crippen LogP) is 3.69. The molecule has 19 heavy (non-hydrogen) atoms. The van der Waals surface area contributed by atoms with E-state index >= 15 is 0 Å². The van der Waals surface area contributed by atoms with Crippen molar-refractivity contribution >= 4 is 28.5 Å². The lowest BCUT2D eigenvalue weighted by Crippen LogP contribution is -2.12. The second kappa shape index (κ2) is 4.52. The van der Waals surface area contributed by atoms with E-state index in [-0.39, 0.29) is 5.91 Å². The molecule has 3 nitrogen and oxygen atoms in total. The normalized spacial score (nSPS) is 10.8. The minimum absolute atomic E-state index is 0.117. The Balaban J connectivity index is 2.17. The molecular weight excluding hydrogens is 260 g/mol. The van der Waals surface area contributed by atoms with Crippen LogP contribution in [0.5, 0.6) is 0 Å². The Hall–Kier alpha value is -2.13. The maximum absolute atomic E-state index is 12.6. The molecule has 0 saturated heterocycles. The van der Waals surface area contributed by atoms with Crippen molar-refractivity contribution in [2.24, 2.45) is 0 Å². The highest BCUT2D eigenvalue weighted by molar-refractivity contribution is 6.31. The Bertz CT molecular complexity index is 777. The van der Waals surface area contributed by atoms with Gasteiger partial charge < -0.3 is 0 Å². The number of para-hydroxylation sites is 2. The Labute approximate surface area is 115 Å². The first-order chi connectivity index (χ1) is 9.18. The molecule has 1 aromatic heterocycles. The molecule has 0 N–H and O–H groups in total. The van der Waals surface area contributed by atoms with E-state index in [1.54, 1.807) is 29.1 Å². The second-order valence-corrected chi connectivity index (χ2v) is 4.73. The molecule has 0 unspecified atom stereocenters. The molecule has 0 aliphatic carbocycles. The zero-order valence-corrected chi connectivity index (χ0v) is 11.1. The monoisotopic (exact) mass is 270 g/mol. The van der Waals surface area contributed by atoms with Crippen molar-refractivity contribution in [1.29, 1.82) is 0 Å². The molecule has 0 fully saturated rings. The first-order valence-corrected chi connectivity index (χ1v) is 6.28. The number of carbonyl (C=O) groups excluding carboxylic acids is 1. The van der Waals surface area contributed by atoms with Gasteiger partial charge in [-0.15, -0.1) is 0 Å². The van der Waals surface area contributed by atoms with Gasteiger partial charge >= 0.3 is 0 Å². The molecule has 3 aromatic rings. The van der Waals surface area contributed by atoms with E-state index in [9.17, 15) is 4.79 Å². The zero-order valence-electron chi connectivity index (χ0n) is 10.3. The van der Waals surface area contributed by atoms with Crippen LogP contribution in [0.1, 0.15) is 15.9 Å². The maximum atomic E-state index is 12.6. The van der Waals surface area contributed by atoms with Crippen LogP contribution in [0.3, 0.4) is 0 Å². The quantitative estimate of drug-likeness (QED) is 0.676. The summed E-state index contributed by atoms with van der Waals surface area (Å²) in [5.74, 6) is -0.117. The lowest BCUT2D eigenvalue weighted by Gasteiger charge is -2.07. The van der Waals surface area contributed by atoms with Gasteiger partial charge in [0.2, 0.25) is 0 Å². The molecule has 1 heterocycles. The van der Waals surface area contributed by atoms with Crippen molar-refractivity contribution in [2.75, 3.05) is 0 Å². The molecule has 0 atom stereocenters. The largest absolute Gasteiger partial charge is 0.268 e. The summed E-state index contributed by atoms with van der Waals surface area (Å²) in [6.07, 6.45) is 1.55. The molecule has 0 aliphatic rings.